The Morgan fingerprint density at radius 2 is 2.14 bits per heavy atom. The van der Waals surface area contributed by atoms with Crippen molar-refractivity contribution in [2.24, 2.45) is 7.05 Å². The quantitative estimate of drug-likeness (QED) is 0.838. The van der Waals surface area contributed by atoms with Crippen LogP contribution in [0.3, 0.4) is 0 Å². The summed E-state index contributed by atoms with van der Waals surface area (Å²) < 4.78 is 2.95. The van der Waals surface area contributed by atoms with Crippen LogP contribution in [0.2, 0.25) is 0 Å². The summed E-state index contributed by atoms with van der Waals surface area (Å²) in [4.78, 5) is 23.2. The van der Waals surface area contributed by atoms with Gasteiger partial charge in [-0.15, -0.1) is 0 Å². The van der Waals surface area contributed by atoms with Crippen LogP contribution in [0.4, 0.5) is 0 Å². The van der Waals surface area contributed by atoms with Crippen LogP contribution in [0.1, 0.15) is 39.0 Å². The summed E-state index contributed by atoms with van der Waals surface area (Å²) in [5.74, 6) is -1.65. The van der Waals surface area contributed by atoms with E-state index in [-0.39, 0.29) is 11.3 Å². The van der Waals surface area contributed by atoms with Crippen LogP contribution in [0.25, 0.3) is 0 Å². The lowest BCUT2D eigenvalue weighted by atomic mass is 10.2. The zero-order valence-corrected chi connectivity index (χ0v) is 12.1. The van der Waals surface area contributed by atoms with Crippen LogP contribution >= 0.6 is 0 Å². The van der Waals surface area contributed by atoms with Gasteiger partial charge in [-0.25, -0.2) is 4.79 Å². The number of hydrogen-bond donors (Lipinski definition) is 2. The zero-order valence-electron chi connectivity index (χ0n) is 12.1. The van der Waals surface area contributed by atoms with Crippen molar-refractivity contribution in [1.82, 2.24) is 24.9 Å². The summed E-state index contributed by atoms with van der Waals surface area (Å²) in [6.07, 6.45) is 3.11. The van der Waals surface area contributed by atoms with Gasteiger partial charge in [0.05, 0.1) is 17.5 Å². The smallest absolute Gasteiger partial charge is 0.354 e. The standard InChI is InChI=1S/C13H17N5O3/c1-4-18-7-9(8(2)16-18)5-14-12(19)10-6-15-17(3)11(10)13(20)21/h6-7H,4-5H2,1-3H3,(H,14,19)(H,20,21). The molecule has 0 saturated heterocycles. The molecule has 2 aromatic rings. The highest BCUT2D eigenvalue weighted by molar-refractivity contribution is 6.03. The first-order chi connectivity index (χ1) is 9.93. The molecule has 0 saturated carbocycles. The number of carbonyl (C=O) groups excluding carboxylic acids is 1. The van der Waals surface area contributed by atoms with Crippen molar-refractivity contribution in [3.8, 4) is 0 Å². The Bertz CT molecular complexity index is 686. The van der Waals surface area contributed by atoms with Gasteiger partial charge in [-0.3, -0.25) is 14.2 Å². The van der Waals surface area contributed by atoms with Crippen molar-refractivity contribution in [3.05, 3.63) is 34.9 Å². The zero-order chi connectivity index (χ0) is 15.6. The molecule has 0 bridgehead atoms. The molecule has 2 heterocycles. The SMILES string of the molecule is CCn1cc(CNC(=O)c2cnn(C)c2C(=O)O)c(C)n1. The number of carboxylic acids is 1. The molecular formula is C13H17N5O3. The van der Waals surface area contributed by atoms with Crippen molar-refractivity contribution in [1.29, 1.82) is 0 Å². The van der Waals surface area contributed by atoms with E-state index < -0.39 is 11.9 Å². The molecule has 112 valence electrons. The van der Waals surface area contributed by atoms with Crippen molar-refractivity contribution in [3.63, 3.8) is 0 Å². The van der Waals surface area contributed by atoms with E-state index in [0.29, 0.717) is 6.54 Å². The molecule has 0 aliphatic rings. The summed E-state index contributed by atoms with van der Waals surface area (Å²) in [5.41, 5.74) is 1.65. The molecule has 0 aliphatic heterocycles. The van der Waals surface area contributed by atoms with E-state index in [2.05, 4.69) is 15.5 Å². The molecule has 0 aromatic carbocycles. The largest absolute Gasteiger partial charge is 0.477 e. The number of carboxylic acid groups (broad SMARTS) is 1. The molecule has 0 spiro atoms. The van der Waals surface area contributed by atoms with Gasteiger partial charge in [-0.05, 0) is 13.8 Å². The number of carbonyl (C=O) groups is 2. The van der Waals surface area contributed by atoms with E-state index >= 15 is 0 Å². The maximum Gasteiger partial charge on any atom is 0.354 e. The van der Waals surface area contributed by atoms with Gasteiger partial charge in [-0.1, -0.05) is 0 Å². The number of rotatable bonds is 5. The minimum Gasteiger partial charge on any atom is -0.477 e. The minimum atomic E-state index is -1.19. The van der Waals surface area contributed by atoms with E-state index in [1.54, 1.807) is 4.68 Å². The summed E-state index contributed by atoms with van der Waals surface area (Å²) in [6, 6.07) is 0. The third kappa shape index (κ3) is 2.93. The van der Waals surface area contributed by atoms with Gasteiger partial charge in [0.15, 0.2) is 5.69 Å². The third-order valence-electron chi connectivity index (χ3n) is 3.20. The first kappa shape index (κ1) is 14.8. The number of aromatic nitrogens is 4. The number of nitrogens with zero attached hydrogens (tertiary/aromatic N) is 4. The van der Waals surface area contributed by atoms with Crippen LogP contribution in [-0.4, -0.2) is 36.5 Å². The molecule has 0 aliphatic carbocycles. The fourth-order valence-corrected chi connectivity index (χ4v) is 2.02. The lowest BCUT2D eigenvalue weighted by molar-refractivity contribution is 0.0679. The molecule has 1 amide bonds. The number of nitrogens with one attached hydrogen (secondary N) is 1. The monoisotopic (exact) mass is 291 g/mol. The molecule has 2 aromatic heterocycles. The number of hydrogen-bond acceptors (Lipinski definition) is 4. The summed E-state index contributed by atoms with van der Waals surface area (Å²) in [6.45, 7) is 4.88. The van der Waals surface area contributed by atoms with Gasteiger partial charge in [0.25, 0.3) is 5.91 Å². The predicted molar refractivity (Wildman–Crippen MR) is 74.0 cm³/mol. The van der Waals surface area contributed by atoms with E-state index in [1.807, 2.05) is 20.0 Å². The Hall–Kier alpha value is -2.64. The van der Waals surface area contributed by atoms with Gasteiger partial charge in [0.1, 0.15) is 0 Å². The molecule has 8 nitrogen and oxygen atoms in total. The van der Waals surface area contributed by atoms with Crippen LogP contribution in [0, 0.1) is 6.92 Å². The normalized spacial score (nSPS) is 10.6. The predicted octanol–water partition coefficient (Wildman–Crippen LogP) is 0.573. The first-order valence-corrected chi connectivity index (χ1v) is 6.50. The fourth-order valence-electron chi connectivity index (χ4n) is 2.02. The van der Waals surface area contributed by atoms with Crippen LogP contribution in [0.5, 0.6) is 0 Å². The Kier molecular flexibility index (Phi) is 4.06. The molecule has 0 fully saturated rings. The number of amides is 1. The van der Waals surface area contributed by atoms with Gasteiger partial charge in [-0.2, -0.15) is 10.2 Å². The second kappa shape index (κ2) is 5.78. The topological polar surface area (TPSA) is 102 Å². The molecule has 2 rings (SSSR count). The van der Waals surface area contributed by atoms with Crippen molar-refractivity contribution >= 4 is 11.9 Å². The Morgan fingerprint density at radius 1 is 1.43 bits per heavy atom. The van der Waals surface area contributed by atoms with Gasteiger partial charge in [0, 0.05) is 31.9 Å². The van der Waals surface area contributed by atoms with Gasteiger partial charge >= 0.3 is 5.97 Å². The lowest BCUT2D eigenvalue weighted by Gasteiger charge is -2.04. The van der Waals surface area contributed by atoms with E-state index in [4.69, 9.17) is 5.11 Å². The van der Waals surface area contributed by atoms with E-state index in [9.17, 15) is 9.59 Å². The minimum absolute atomic E-state index is 0.0468. The third-order valence-corrected chi connectivity index (χ3v) is 3.20. The van der Waals surface area contributed by atoms with Crippen LogP contribution in [0.15, 0.2) is 12.4 Å². The highest BCUT2D eigenvalue weighted by atomic mass is 16.4. The summed E-state index contributed by atoms with van der Waals surface area (Å²) >= 11 is 0. The summed E-state index contributed by atoms with van der Waals surface area (Å²) in [7, 11) is 1.48. The molecule has 2 N–H and O–H groups in total. The highest BCUT2D eigenvalue weighted by Gasteiger charge is 2.21. The van der Waals surface area contributed by atoms with Crippen LogP contribution < -0.4 is 5.32 Å². The fraction of sp³-hybridized carbons (Fsp3) is 0.385. The number of aryl methyl sites for hydroxylation is 3. The Morgan fingerprint density at radius 3 is 2.71 bits per heavy atom. The maximum absolute atomic E-state index is 12.1. The summed E-state index contributed by atoms with van der Waals surface area (Å²) in [5, 5.41) is 19.9. The van der Waals surface area contributed by atoms with E-state index in [0.717, 1.165) is 22.5 Å². The molecule has 0 radical (unpaired) electrons. The lowest BCUT2D eigenvalue weighted by Crippen LogP contribution is -2.25. The van der Waals surface area contributed by atoms with Crippen molar-refractivity contribution < 1.29 is 14.7 Å². The number of aromatic carboxylic acids is 1. The average molecular weight is 291 g/mol. The molecule has 21 heavy (non-hydrogen) atoms. The Labute approximate surface area is 121 Å². The molecule has 0 atom stereocenters. The highest BCUT2D eigenvalue weighted by Crippen LogP contribution is 2.09. The first-order valence-electron chi connectivity index (χ1n) is 6.50. The maximum atomic E-state index is 12.1. The van der Waals surface area contributed by atoms with Crippen molar-refractivity contribution in [2.75, 3.05) is 0 Å². The van der Waals surface area contributed by atoms with Crippen molar-refractivity contribution in [2.45, 2.75) is 26.9 Å². The Balaban J connectivity index is 2.12. The molecule has 8 heteroatoms. The molecule has 0 unspecified atom stereocenters. The van der Waals surface area contributed by atoms with E-state index in [1.165, 1.54) is 13.2 Å². The van der Waals surface area contributed by atoms with Gasteiger partial charge < -0.3 is 10.4 Å². The molecular weight excluding hydrogens is 274 g/mol. The second-order valence-electron chi connectivity index (χ2n) is 4.61. The average Bonchev–Trinajstić information content (AvgIpc) is 2.99. The second-order valence-corrected chi connectivity index (χ2v) is 4.61. The van der Waals surface area contributed by atoms with Crippen LogP contribution in [-0.2, 0) is 20.1 Å². The van der Waals surface area contributed by atoms with Gasteiger partial charge in [0.2, 0.25) is 0 Å².